The summed E-state index contributed by atoms with van der Waals surface area (Å²) in [5, 5.41) is 3.24. The molecule has 0 saturated carbocycles. The first-order valence-corrected chi connectivity index (χ1v) is 8.62. The van der Waals surface area contributed by atoms with Crippen molar-refractivity contribution < 1.29 is 14.3 Å². The van der Waals surface area contributed by atoms with Crippen molar-refractivity contribution in [2.24, 2.45) is 0 Å². The predicted octanol–water partition coefficient (Wildman–Crippen LogP) is 4.32. The minimum Gasteiger partial charge on any atom is -0.493 e. The largest absolute Gasteiger partial charge is 0.493 e. The van der Waals surface area contributed by atoms with Crippen LogP contribution in [0.2, 0.25) is 0 Å². The smallest absolute Gasteiger partial charge is 0.185 e. The lowest BCUT2D eigenvalue weighted by Crippen LogP contribution is -1.98. The van der Waals surface area contributed by atoms with Crippen molar-refractivity contribution in [3.05, 3.63) is 78.0 Å². The molecule has 0 fully saturated rings. The van der Waals surface area contributed by atoms with E-state index >= 15 is 0 Å². The number of nitrogens with zero attached hydrogens (tertiary/aromatic N) is 1. The Morgan fingerprint density at radius 1 is 1.04 bits per heavy atom. The molecule has 1 aromatic heterocycles. The number of allylic oxidation sites excluding steroid dienone is 1. The van der Waals surface area contributed by atoms with Gasteiger partial charge >= 0.3 is 0 Å². The number of hydrogen-bond acceptors (Lipinski definition) is 6. The van der Waals surface area contributed by atoms with E-state index < -0.39 is 0 Å². The number of rotatable bonds is 7. The van der Waals surface area contributed by atoms with Crippen LogP contribution in [-0.4, -0.2) is 25.0 Å². The fraction of sp³-hybridized carbons (Fsp3) is 0.0909. The van der Waals surface area contributed by atoms with Crippen molar-refractivity contribution in [2.45, 2.75) is 0 Å². The summed E-state index contributed by atoms with van der Waals surface area (Å²) in [5.74, 6) is 1.76. The van der Waals surface area contributed by atoms with Gasteiger partial charge in [-0.2, -0.15) is 0 Å². The molecule has 142 valence electrons. The van der Waals surface area contributed by atoms with E-state index in [9.17, 15) is 4.79 Å². The molecule has 0 bridgehead atoms. The first-order valence-electron chi connectivity index (χ1n) is 8.62. The number of carbonyl (C=O) groups is 1. The van der Waals surface area contributed by atoms with Gasteiger partial charge in [0.15, 0.2) is 17.3 Å². The second kappa shape index (κ2) is 8.73. The number of anilines is 3. The normalized spacial score (nSPS) is 10.6. The van der Waals surface area contributed by atoms with Crippen molar-refractivity contribution in [3.63, 3.8) is 0 Å². The number of nitrogens with one attached hydrogen (secondary N) is 1. The van der Waals surface area contributed by atoms with Crippen LogP contribution < -0.4 is 20.5 Å². The zero-order valence-electron chi connectivity index (χ0n) is 15.7. The van der Waals surface area contributed by atoms with Gasteiger partial charge in [-0.25, -0.2) is 4.98 Å². The van der Waals surface area contributed by atoms with E-state index in [2.05, 4.69) is 10.3 Å². The molecule has 2 aromatic carbocycles. The van der Waals surface area contributed by atoms with Gasteiger partial charge in [-0.1, -0.05) is 0 Å². The van der Waals surface area contributed by atoms with E-state index in [-0.39, 0.29) is 5.78 Å². The fourth-order valence-electron chi connectivity index (χ4n) is 2.62. The van der Waals surface area contributed by atoms with Gasteiger partial charge in [0.25, 0.3) is 0 Å². The zero-order chi connectivity index (χ0) is 19.9. The number of ether oxygens (including phenoxy) is 2. The Balaban J connectivity index is 1.81. The molecule has 3 aromatic rings. The third-order valence-electron chi connectivity index (χ3n) is 4.09. The predicted molar refractivity (Wildman–Crippen MR) is 111 cm³/mol. The van der Waals surface area contributed by atoms with E-state index in [0.29, 0.717) is 28.6 Å². The van der Waals surface area contributed by atoms with Crippen LogP contribution in [-0.2, 0) is 0 Å². The summed E-state index contributed by atoms with van der Waals surface area (Å²) in [6, 6.07) is 16.0. The van der Waals surface area contributed by atoms with Gasteiger partial charge in [-0.3, -0.25) is 4.79 Å². The van der Waals surface area contributed by atoms with Crippen LogP contribution >= 0.6 is 0 Å². The Morgan fingerprint density at radius 2 is 1.79 bits per heavy atom. The SMILES string of the molecule is COc1ccc(Nc2ncccc2/C=C/C(=O)c2ccc(N)cc2)cc1OC. The number of ketones is 1. The molecule has 0 spiro atoms. The summed E-state index contributed by atoms with van der Waals surface area (Å²) in [7, 11) is 3.17. The molecule has 0 aliphatic carbocycles. The van der Waals surface area contributed by atoms with Crippen molar-refractivity contribution in [3.8, 4) is 11.5 Å². The quantitative estimate of drug-likeness (QED) is 0.363. The molecule has 0 amide bonds. The van der Waals surface area contributed by atoms with Gasteiger partial charge in [0, 0.05) is 34.8 Å². The number of nitrogens with two attached hydrogens (primary N) is 1. The summed E-state index contributed by atoms with van der Waals surface area (Å²) >= 11 is 0. The van der Waals surface area contributed by atoms with Crippen LogP contribution in [0.4, 0.5) is 17.2 Å². The highest BCUT2D eigenvalue weighted by molar-refractivity contribution is 6.07. The van der Waals surface area contributed by atoms with Gasteiger partial charge in [0.05, 0.1) is 14.2 Å². The number of nitrogen functional groups attached to an aromatic ring is 1. The summed E-state index contributed by atoms with van der Waals surface area (Å²) in [5.41, 5.74) is 8.42. The van der Waals surface area contributed by atoms with Crippen LogP contribution in [0.5, 0.6) is 11.5 Å². The number of methoxy groups -OCH3 is 2. The average molecular weight is 375 g/mol. The molecule has 6 heteroatoms. The second-order valence-corrected chi connectivity index (χ2v) is 5.96. The maximum Gasteiger partial charge on any atom is 0.185 e. The second-order valence-electron chi connectivity index (χ2n) is 5.96. The van der Waals surface area contributed by atoms with E-state index in [4.69, 9.17) is 15.2 Å². The lowest BCUT2D eigenvalue weighted by molar-refractivity contribution is 0.104. The molecule has 0 saturated heterocycles. The number of hydrogen-bond donors (Lipinski definition) is 2. The minimum absolute atomic E-state index is 0.110. The van der Waals surface area contributed by atoms with E-state index in [1.807, 2.05) is 30.3 Å². The lowest BCUT2D eigenvalue weighted by atomic mass is 10.1. The highest BCUT2D eigenvalue weighted by atomic mass is 16.5. The van der Waals surface area contributed by atoms with Crippen LogP contribution in [0.25, 0.3) is 6.08 Å². The number of benzene rings is 2. The number of carbonyl (C=O) groups excluding carboxylic acids is 1. The molecular weight excluding hydrogens is 354 g/mol. The molecule has 0 unspecified atom stereocenters. The fourth-order valence-corrected chi connectivity index (χ4v) is 2.62. The van der Waals surface area contributed by atoms with Crippen LogP contribution in [0.15, 0.2) is 66.9 Å². The molecule has 0 atom stereocenters. The first-order chi connectivity index (χ1) is 13.6. The van der Waals surface area contributed by atoms with Gasteiger partial charge in [-0.05, 0) is 60.7 Å². The van der Waals surface area contributed by atoms with Crippen molar-refractivity contribution in [2.75, 3.05) is 25.3 Å². The van der Waals surface area contributed by atoms with Gasteiger partial charge in [0.2, 0.25) is 0 Å². The first kappa shape index (κ1) is 19.0. The monoisotopic (exact) mass is 375 g/mol. The van der Waals surface area contributed by atoms with Crippen LogP contribution in [0.1, 0.15) is 15.9 Å². The standard InChI is InChI=1S/C22H21N3O3/c1-27-20-12-10-18(14-21(20)28-2)25-22-16(4-3-13-24-22)7-11-19(26)15-5-8-17(23)9-6-15/h3-14H,23H2,1-2H3,(H,24,25)/b11-7+. The maximum absolute atomic E-state index is 12.4. The highest BCUT2D eigenvalue weighted by Crippen LogP contribution is 2.31. The third-order valence-corrected chi connectivity index (χ3v) is 4.09. The molecular formula is C22H21N3O3. The lowest BCUT2D eigenvalue weighted by Gasteiger charge is -2.12. The maximum atomic E-state index is 12.4. The summed E-state index contributed by atoms with van der Waals surface area (Å²) in [6.45, 7) is 0. The zero-order valence-corrected chi connectivity index (χ0v) is 15.7. The summed E-state index contributed by atoms with van der Waals surface area (Å²) < 4.78 is 10.6. The molecule has 3 N–H and O–H groups in total. The average Bonchev–Trinajstić information content (AvgIpc) is 2.73. The molecule has 3 rings (SSSR count). The summed E-state index contributed by atoms with van der Waals surface area (Å²) in [4.78, 5) is 16.7. The van der Waals surface area contributed by atoms with Crippen molar-refractivity contribution in [1.82, 2.24) is 4.98 Å². The topological polar surface area (TPSA) is 86.5 Å². The number of aromatic nitrogens is 1. The van der Waals surface area contributed by atoms with Gasteiger partial charge in [0.1, 0.15) is 5.82 Å². The van der Waals surface area contributed by atoms with E-state index in [1.165, 1.54) is 6.08 Å². The Bertz CT molecular complexity index is 998. The molecule has 0 radical (unpaired) electrons. The van der Waals surface area contributed by atoms with Crippen molar-refractivity contribution in [1.29, 1.82) is 0 Å². The summed E-state index contributed by atoms with van der Waals surface area (Å²) in [6.07, 6.45) is 4.93. The molecule has 28 heavy (non-hydrogen) atoms. The Labute approximate surface area is 163 Å². The van der Waals surface area contributed by atoms with Gasteiger partial charge in [-0.15, -0.1) is 0 Å². The Kier molecular flexibility index (Phi) is 5.91. The molecule has 6 nitrogen and oxygen atoms in total. The Hall–Kier alpha value is -3.80. The third kappa shape index (κ3) is 4.48. The minimum atomic E-state index is -0.110. The Morgan fingerprint density at radius 3 is 2.50 bits per heavy atom. The van der Waals surface area contributed by atoms with Crippen LogP contribution in [0, 0.1) is 0 Å². The van der Waals surface area contributed by atoms with E-state index in [0.717, 1.165) is 11.3 Å². The van der Waals surface area contributed by atoms with Crippen molar-refractivity contribution >= 4 is 29.1 Å². The van der Waals surface area contributed by atoms with Crippen LogP contribution in [0.3, 0.4) is 0 Å². The van der Waals surface area contributed by atoms with Gasteiger partial charge < -0.3 is 20.5 Å². The highest BCUT2D eigenvalue weighted by Gasteiger charge is 2.07. The van der Waals surface area contributed by atoms with E-state index in [1.54, 1.807) is 50.8 Å². The molecule has 1 heterocycles. The molecule has 0 aliphatic rings. The molecule has 0 aliphatic heterocycles. The number of pyridine rings is 1.